The second kappa shape index (κ2) is 6.76. The number of hydrogen-bond acceptors (Lipinski definition) is 7. The number of hydrogen-bond donors (Lipinski definition) is 3. The summed E-state index contributed by atoms with van der Waals surface area (Å²) in [6.45, 7) is 0. The molecule has 3 aromatic heterocycles. The zero-order valence-corrected chi connectivity index (χ0v) is 16.3. The third-order valence-corrected chi connectivity index (χ3v) is 6.05. The standard InChI is InChI=1S/C16H13N5O3S3/c1-27(23,24)21-16-18-10-5-4-9(7-14(10)26-16)17-15(22)12-8-11(19-20-12)13-3-2-6-25-13/h2-8H,1H3,(H,17,22)(H,18,21)(H,19,20). The number of nitrogens with zero attached hydrogens (tertiary/aromatic N) is 2. The molecule has 0 fully saturated rings. The summed E-state index contributed by atoms with van der Waals surface area (Å²) in [5, 5.41) is 11.9. The lowest BCUT2D eigenvalue weighted by molar-refractivity contribution is 0.102. The van der Waals surface area contributed by atoms with Crippen LogP contribution in [0, 0.1) is 0 Å². The van der Waals surface area contributed by atoms with Gasteiger partial charge in [0.1, 0.15) is 0 Å². The van der Waals surface area contributed by atoms with E-state index < -0.39 is 10.0 Å². The molecular weight excluding hydrogens is 406 g/mol. The summed E-state index contributed by atoms with van der Waals surface area (Å²) < 4.78 is 25.7. The number of rotatable bonds is 5. The second-order valence-corrected chi connectivity index (χ2v) is 9.40. The van der Waals surface area contributed by atoms with Gasteiger partial charge in [-0.25, -0.2) is 13.4 Å². The number of fused-ring (bicyclic) bond motifs is 1. The van der Waals surface area contributed by atoms with Crippen LogP contribution < -0.4 is 10.0 Å². The molecule has 0 bridgehead atoms. The van der Waals surface area contributed by atoms with Crippen molar-refractivity contribution < 1.29 is 13.2 Å². The molecule has 0 radical (unpaired) electrons. The van der Waals surface area contributed by atoms with Crippen molar-refractivity contribution in [3.63, 3.8) is 0 Å². The van der Waals surface area contributed by atoms with Crippen LogP contribution >= 0.6 is 22.7 Å². The SMILES string of the molecule is CS(=O)(=O)Nc1nc2ccc(NC(=O)c3cc(-c4cccs4)[nH]n3)cc2s1. The molecule has 0 saturated heterocycles. The van der Waals surface area contributed by atoms with Gasteiger partial charge in [-0.3, -0.25) is 14.6 Å². The van der Waals surface area contributed by atoms with Crippen molar-refractivity contribution in [3.8, 4) is 10.6 Å². The van der Waals surface area contributed by atoms with Gasteiger partial charge >= 0.3 is 0 Å². The van der Waals surface area contributed by atoms with Gasteiger partial charge in [-0.2, -0.15) is 5.10 Å². The first kappa shape index (κ1) is 17.6. The van der Waals surface area contributed by atoms with Crippen LogP contribution in [0.5, 0.6) is 0 Å². The maximum Gasteiger partial charge on any atom is 0.276 e. The molecule has 11 heteroatoms. The molecule has 8 nitrogen and oxygen atoms in total. The molecule has 27 heavy (non-hydrogen) atoms. The summed E-state index contributed by atoms with van der Waals surface area (Å²) in [5.41, 5.74) is 2.28. The molecule has 0 spiro atoms. The van der Waals surface area contributed by atoms with Gasteiger partial charge in [-0.05, 0) is 35.7 Å². The number of amides is 1. The van der Waals surface area contributed by atoms with Crippen molar-refractivity contribution in [2.75, 3.05) is 16.3 Å². The third-order valence-electron chi connectivity index (χ3n) is 3.52. The van der Waals surface area contributed by atoms with Crippen molar-refractivity contribution >= 4 is 59.6 Å². The van der Waals surface area contributed by atoms with Crippen LogP contribution in [0.1, 0.15) is 10.5 Å². The van der Waals surface area contributed by atoms with E-state index in [1.807, 2.05) is 17.5 Å². The number of anilines is 2. The Morgan fingerprint density at radius 3 is 2.81 bits per heavy atom. The van der Waals surface area contributed by atoms with Crippen LogP contribution in [0.3, 0.4) is 0 Å². The summed E-state index contributed by atoms with van der Waals surface area (Å²) in [7, 11) is -3.39. The average molecular weight is 420 g/mol. The molecule has 1 aromatic carbocycles. The number of aromatic nitrogens is 3. The fourth-order valence-corrected chi connectivity index (χ4v) is 4.83. The molecule has 0 atom stereocenters. The highest BCUT2D eigenvalue weighted by Gasteiger charge is 2.14. The van der Waals surface area contributed by atoms with E-state index in [9.17, 15) is 13.2 Å². The van der Waals surface area contributed by atoms with E-state index >= 15 is 0 Å². The summed E-state index contributed by atoms with van der Waals surface area (Å²) in [6, 6.07) is 10.7. The second-order valence-electron chi connectivity index (χ2n) is 5.67. The fraction of sp³-hybridized carbons (Fsp3) is 0.0625. The van der Waals surface area contributed by atoms with Crippen LogP contribution in [0.25, 0.3) is 20.8 Å². The van der Waals surface area contributed by atoms with E-state index in [0.717, 1.165) is 21.5 Å². The van der Waals surface area contributed by atoms with Crippen LogP contribution in [0.4, 0.5) is 10.8 Å². The van der Waals surface area contributed by atoms with Gasteiger partial charge in [-0.15, -0.1) is 11.3 Å². The maximum atomic E-state index is 12.4. The number of carbonyl (C=O) groups is 1. The van der Waals surface area contributed by atoms with E-state index in [0.29, 0.717) is 11.2 Å². The molecule has 0 aliphatic carbocycles. The van der Waals surface area contributed by atoms with E-state index in [1.54, 1.807) is 35.6 Å². The van der Waals surface area contributed by atoms with Crippen LogP contribution in [0.2, 0.25) is 0 Å². The fourth-order valence-electron chi connectivity index (χ4n) is 2.40. The topological polar surface area (TPSA) is 117 Å². The molecule has 0 saturated carbocycles. The Morgan fingerprint density at radius 1 is 1.22 bits per heavy atom. The normalized spacial score (nSPS) is 11.6. The Bertz CT molecular complexity index is 1230. The summed E-state index contributed by atoms with van der Waals surface area (Å²) >= 11 is 2.75. The van der Waals surface area contributed by atoms with E-state index in [1.165, 1.54) is 11.3 Å². The first-order chi connectivity index (χ1) is 12.9. The molecule has 3 heterocycles. The number of H-pyrrole nitrogens is 1. The number of sulfonamides is 1. The number of thiophene rings is 1. The molecule has 4 aromatic rings. The molecule has 0 aliphatic rings. The van der Waals surface area contributed by atoms with Crippen LogP contribution in [0.15, 0.2) is 41.8 Å². The van der Waals surface area contributed by atoms with Gasteiger partial charge < -0.3 is 5.32 Å². The number of benzene rings is 1. The number of nitrogens with one attached hydrogen (secondary N) is 3. The first-order valence-corrected chi connectivity index (χ1v) is 11.3. The van der Waals surface area contributed by atoms with Gasteiger partial charge in [-0.1, -0.05) is 17.4 Å². The highest BCUT2D eigenvalue weighted by molar-refractivity contribution is 7.92. The zero-order chi connectivity index (χ0) is 19.0. The Hall–Kier alpha value is -2.76. The van der Waals surface area contributed by atoms with Crippen molar-refractivity contribution in [3.05, 3.63) is 47.5 Å². The van der Waals surface area contributed by atoms with Crippen molar-refractivity contribution in [2.45, 2.75) is 0 Å². The van der Waals surface area contributed by atoms with E-state index in [2.05, 4.69) is 25.2 Å². The maximum absolute atomic E-state index is 12.4. The first-order valence-electron chi connectivity index (χ1n) is 7.66. The van der Waals surface area contributed by atoms with E-state index in [4.69, 9.17) is 0 Å². The number of carbonyl (C=O) groups excluding carboxylic acids is 1. The zero-order valence-electron chi connectivity index (χ0n) is 13.9. The van der Waals surface area contributed by atoms with Crippen molar-refractivity contribution in [2.24, 2.45) is 0 Å². The quantitative estimate of drug-likeness (QED) is 0.458. The van der Waals surface area contributed by atoms with Gasteiger partial charge in [0.15, 0.2) is 10.8 Å². The number of thiazole rings is 1. The highest BCUT2D eigenvalue weighted by Crippen LogP contribution is 2.29. The Labute approximate surface area is 162 Å². The predicted octanol–water partition coefficient (Wildman–Crippen LogP) is 3.37. The molecule has 3 N–H and O–H groups in total. The minimum absolute atomic E-state index is 0.280. The predicted molar refractivity (Wildman–Crippen MR) is 108 cm³/mol. The third kappa shape index (κ3) is 3.99. The summed E-state index contributed by atoms with van der Waals surface area (Å²) in [4.78, 5) is 17.6. The highest BCUT2D eigenvalue weighted by atomic mass is 32.2. The molecule has 1 amide bonds. The number of aromatic amines is 1. The Balaban J connectivity index is 1.53. The molecule has 0 unspecified atom stereocenters. The largest absolute Gasteiger partial charge is 0.321 e. The Kier molecular flexibility index (Phi) is 4.42. The smallest absolute Gasteiger partial charge is 0.276 e. The minimum Gasteiger partial charge on any atom is -0.321 e. The van der Waals surface area contributed by atoms with Gasteiger partial charge in [0.2, 0.25) is 10.0 Å². The molecular formula is C16H13N5O3S3. The van der Waals surface area contributed by atoms with Crippen molar-refractivity contribution in [1.29, 1.82) is 0 Å². The summed E-state index contributed by atoms with van der Waals surface area (Å²) in [6.07, 6.45) is 1.07. The van der Waals surface area contributed by atoms with Crippen LogP contribution in [-0.2, 0) is 10.0 Å². The monoisotopic (exact) mass is 419 g/mol. The Morgan fingerprint density at radius 2 is 2.07 bits per heavy atom. The minimum atomic E-state index is -3.39. The average Bonchev–Trinajstić information content (AvgIpc) is 3.32. The summed E-state index contributed by atoms with van der Waals surface area (Å²) in [5.74, 6) is -0.340. The van der Waals surface area contributed by atoms with Gasteiger partial charge in [0.05, 0.1) is 27.0 Å². The lowest BCUT2D eigenvalue weighted by Crippen LogP contribution is -2.12. The molecule has 4 rings (SSSR count). The van der Waals surface area contributed by atoms with Gasteiger partial charge in [0, 0.05) is 5.69 Å². The van der Waals surface area contributed by atoms with E-state index in [-0.39, 0.29) is 16.7 Å². The lowest BCUT2D eigenvalue weighted by Gasteiger charge is -2.02. The lowest BCUT2D eigenvalue weighted by atomic mass is 10.2. The molecule has 138 valence electrons. The van der Waals surface area contributed by atoms with Gasteiger partial charge in [0.25, 0.3) is 5.91 Å². The van der Waals surface area contributed by atoms with Crippen LogP contribution in [-0.4, -0.2) is 35.8 Å². The van der Waals surface area contributed by atoms with Crippen molar-refractivity contribution in [1.82, 2.24) is 15.2 Å². The molecule has 0 aliphatic heterocycles.